The summed E-state index contributed by atoms with van der Waals surface area (Å²) in [5, 5.41) is 11.3. The van der Waals surface area contributed by atoms with Crippen molar-refractivity contribution in [3.05, 3.63) is 118 Å². The molecule has 3 aromatic carbocycles. The lowest BCUT2D eigenvalue weighted by Gasteiger charge is -2.16. The molecule has 0 aliphatic carbocycles. The Morgan fingerprint density at radius 3 is 2.30 bits per heavy atom. The Morgan fingerprint density at radius 1 is 0.892 bits per heavy atom. The van der Waals surface area contributed by atoms with Gasteiger partial charge < -0.3 is 10.8 Å². The molecule has 1 atom stereocenters. The minimum absolute atomic E-state index is 0.197. The van der Waals surface area contributed by atoms with Gasteiger partial charge >= 0.3 is 5.97 Å². The monoisotopic (exact) mass is 532 g/mol. The zero-order valence-electron chi connectivity index (χ0n) is 20.2. The zero-order valence-corrected chi connectivity index (χ0v) is 21.8. The van der Waals surface area contributed by atoms with Crippen molar-refractivity contribution in [1.29, 1.82) is 0 Å². The molecule has 4 rings (SSSR count). The SMILES string of the molecule is NC(=Nc1cccc(CCc2ccc(S(=O)(=O)CC(CC(=O)O)c3ccccc3)cc2)c1)c1cccs1. The molecule has 0 bridgehead atoms. The summed E-state index contributed by atoms with van der Waals surface area (Å²) < 4.78 is 26.2. The number of aliphatic imine (C=N–C) groups is 1. The maximum atomic E-state index is 13.1. The van der Waals surface area contributed by atoms with E-state index in [0.717, 1.165) is 34.5 Å². The van der Waals surface area contributed by atoms with Gasteiger partial charge in [-0.15, -0.1) is 11.3 Å². The van der Waals surface area contributed by atoms with E-state index in [2.05, 4.69) is 4.99 Å². The van der Waals surface area contributed by atoms with Gasteiger partial charge in [0, 0.05) is 5.92 Å². The van der Waals surface area contributed by atoms with Gasteiger partial charge in [-0.3, -0.25) is 4.79 Å². The first kappa shape index (κ1) is 26.3. The molecule has 0 aliphatic heterocycles. The maximum absolute atomic E-state index is 13.1. The van der Waals surface area contributed by atoms with Crippen molar-refractivity contribution in [2.75, 3.05) is 5.75 Å². The second-order valence-electron chi connectivity index (χ2n) is 8.78. The minimum atomic E-state index is -3.66. The molecule has 1 heterocycles. The molecule has 0 fully saturated rings. The summed E-state index contributed by atoms with van der Waals surface area (Å²) in [6.07, 6.45) is 1.26. The van der Waals surface area contributed by atoms with E-state index in [-0.39, 0.29) is 17.1 Å². The van der Waals surface area contributed by atoms with E-state index < -0.39 is 21.7 Å². The lowest BCUT2D eigenvalue weighted by atomic mass is 9.98. The van der Waals surface area contributed by atoms with Crippen LogP contribution in [0.2, 0.25) is 0 Å². The number of thiophene rings is 1. The van der Waals surface area contributed by atoms with E-state index in [1.807, 2.05) is 60.0 Å². The number of hydrogen-bond donors (Lipinski definition) is 2. The van der Waals surface area contributed by atoms with E-state index in [0.29, 0.717) is 11.4 Å². The third-order valence-corrected chi connectivity index (χ3v) is 8.76. The first-order chi connectivity index (χ1) is 17.8. The molecular weight excluding hydrogens is 504 g/mol. The number of carboxylic acid groups (broad SMARTS) is 1. The van der Waals surface area contributed by atoms with Crippen molar-refractivity contribution >= 4 is 38.7 Å². The number of carboxylic acids is 1. The first-order valence-electron chi connectivity index (χ1n) is 11.9. The van der Waals surface area contributed by atoms with Crippen LogP contribution in [0.25, 0.3) is 0 Å². The average Bonchev–Trinajstić information content (AvgIpc) is 3.43. The first-order valence-corrected chi connectivity index (χ1v) is 14.4. The molecule has 4 aromatic rings. The Balaban J connectivity index is 1.41. The van der Waals surface area contributed by atoms with Gasteiger partial charge in [0.2, 0.25) is 0 Å². The van der Waals surface area contributed by atoms with Crippen LogP contribution in [0.3, 0.4) is 0 Å². The van der Waals surface area contributed by atoms with Gasteiger partial charge in [-0.2, -0.15) is 0 Å². The second kappa shape index (κ2) is 12.0. The molecule has 1 aromatic heterocycles. The summed E-state index contributed by atoms with van der Waals surface area (Å²) in [7, 11) is -3.66. The predicted octanol–water partition coefficient (Wildman–Crippen LogP) is 5.60. The molecule has 0 aliphatic rings. The molecule has 8 heteroatoms. The van der Waals surface area contributed by atoms with Crippen LogP contribution in [-0.2, 0) is 27.5 Å². The molecule has 0 amide bonds. The maximum Gasteiger partial charge on any atom is 0.303 e. The normalized spacial score (nSPS) is 12.8. The van der Waals surface area contributed by atoms with E-state index in [9.17, 15) is 18.3 Å². The highest BCUT2D eigenvalue weighted by Crippen LogP contribution is 2.26. The molecule has 6 nitrogen and oxygen atoms in total. The molecule has 3 N–H and O–H groups in total. The van der Waals surface area contributed by atoms with Gasteiger partial charge in [0.1, 0.15) is 5.84 Å². The van der Waals surface area contributed by atoms with Crippen LogP contribution in [0.1, 0.15) is 33.9 Å². The van der Waals surface area contributed by atoms with Gasteiger partial charge in [-0.1, -0.05) is 60.7 Å². The van der Waals surface area contributed by atoms with Crippen molar-refractivity contribution in [2.24, 2.45) is 10.7 Å². The summed E-state index contributed by atoms with van der Waals surface area (Å²) >= 11 is 1.54. The lowest BCUT2D eigenvalue weighted by molar-refractivity contribution is -0.137. The molecule has 0 radical (unpaired) electrons. The van der Waals surface area contributed by atoms with Gasteiger partial charge in [0.25, 0.3) is 0 Å². The Hall–Kier alpha value is -3.75. The Kier molecular flexibility index (Phi) is 8.53. The van der Waals surface area contributed by atoms with Gasteiger partial charge in [0.05, 0.1) is 27.6 Å². The number of nitrogens with zero attached hydrogens (tertiary/aromatic N) is 1. The van der Waals surface area contributed by atoms with E-state index in [1.165, 1.54) is 0 Å². The fourth-order valence-corrected chi connectivity index (χ4v) is 6.33. The number of amidine groups is 1. The second-order valence-corrected chi connectivity index (χ2v) is 11.8. The van der Waals surface area contributed by atoms with Crippen molar-refractivity contribution in [3.8, 4) is 0 Å². The molecule has 37 heavy (non-hydrogen) atoms. The van der Waals surface area contributed by atoms with Crippen LogP contribution in [0.15, 0.2) is 106 Å². The number of benzene rings is 3. The largest absolute Gasteiger partial charge is 0.481 e. The number of sulfone groups is 1. The number of carbonyl (C=O) groups is 1. The van der Waals surface area contributed by atoms with Crippen LogP contribution in [0.4, 0.5) is 5.69 Å². The quantitative estimate of drug-likeness (QED) is 0.193. The Bertz CT molecular complexity index is 1460. The van der Waals surface area contributed by atoms with Crippen LogP contribution in [0.5, 0.6) is 0 Å². The number of rotatable bonds is 11. The van der Waals surface area contributed by atoms with E-state index >= 15 is 0 Å². The van der Waals surface area contributed by atoms with Crippen LogP contribution in [-0.4, -0.2) is 31.1 Å². The van der Waals surface area contributed by atoms with Gasteiger partial charge in [-0.25, -0.2) is 13.4 Å². The predicted molar refractivity (Wildman–Crippen MR) is 148 cm³/mol. The summed E-state index contributed by atoms with van der Waals surface area (Å²) in [6, 6.07) is 27.5. The summed E-state index contributed by atoms with van der Waals surface area (Å²) in [5.41, 5.74) is 9.72. The van der Waals surface area contributed by atoms with Gasteiger partial charge in [-0.05, 0) is 65.2 Å². The van der Waals surface area contributed by atoms with E-state index in [1.54, 1.807) is 47.7 Å². The van der Waals surface area contributed by atoms with E-state index in [4.69, 9.17) is 5.73 Å². The third-order valence-electron chi connectivity index (χ3n) is 6.03. The van der Waals surface area contributed by atoms with Crippen LogP contribution < -0.4 is 5.73 Å². The highest BCUT2D eigenvalue weighted by Gasteiger charge is 2.24. The number of nitrogens with two attached hydrogens (primary N) is 1. The Labute approximate surface area is 221 Å². The van der Waals surface area contributed by atoms with Crippen molar-refractivity contribution < 1.29 is 18.3 Å². The van der Waals surface area contributed by atoms with Crippen molar-refractivity contribution in [3.63, 3.8) is 0 Å². The molecule has 0 saturated carbocycles. The van der Waals surface area contributed by atoms with Gasteiger partial charge in [0.15, 0.2) is 9.84 Å². The third kappa shape index (κ3) is 7.38. The topological polar surface area (TPSA) is 110 Å². The Morgan fingerprint density at radius 2 is 1.62 bits per heavy atom. The van der Waals surface area contributed by atoms with Crippen molar-refractivity contribution in [2.45, 2.75) is 30.1 Å². The lowest BCUT2D eigenvalue weighted by Crippen LogP contribution is -2.18. The summed E-state index contributed by atoms with van der Waals surface area (Å²) in [6.45, 7) is 0. The number of hydrogen-bond acceptors (Lipinski definition) is 5. The molecule has 1 unspecified atom stereocenters. The highest BCUT2D eigenvalue weighted by molar-refractivity contribution is 7.91. The molecule has 0 saturated heterocycles. The van der Waals surface area contributed by atoms with Crippen LogP contribution in [0, 0.1) is 0 Å². The fourth-order valence-electron chi connectivity index (χ4n) is 4.12. The minimum Gasteiger partial charge on any atom is -0.481 e. The molecule has 190 valence electrons. The summed E-state index contributed by atoms with van der Waals surface area (Å²) in [4.78, 5) is 17.0. The standard InChI is InChI=1S/C29H28N2O4S2/c30-29(27-10-5-17-36-27)31-25-9-4-6-22(18-25)12-11-21-13-15-26(16-14-21)37(34,35)20-24(19-28(32)33)23-7-2-1-3-8-23/h1-10,13-18,24H,11-12,19-20H2,(H2,30,31)(H,32,33). The average molecular weight is 533 g/mol. The fraction of sp³-hybridized carbons (Fsp3) is 0.172. The molecular formula is C29H28N2O4S2. The van der Waals surface area contributed by atoms with Crippen LogP contribution >= 0.6 is 11.3 Å². The summed E-state index contributed by atoms with van der Waals surface area (Å²) in [5.74, 6) is -1.41. The number of aliphatic carboxylic acids is 1. The number of aryl methyl sites for hydroxylation is 2. The highest BCUT2D eigenvalue weighted by atomic mass is 32.2. The van der Waals surface area contributed by atoms with Crippen molar-refractivity contribution in [1.82, 2.24) is 0 Å². The molecule has 0 spiro atoms. The smallest absolute Gasteiger partial charge is 0.303 e. The zero-order chi connectivity index (χ0) is 26.3.